The summed E-state index contributed by atoms with van der Waals surface area (Å²) in [5.41, 5.74) is 4.29. The molecule has 4 heteroatoms. The van der Waals surface area contributed by atoms with E-state index in [1.165, 1.54) is 0 Å². The molecule has 32 heavy (non-hydrogen) atoms. The van der Waals surface area contributed by atoms with Crippen molar-refractivity contribution >= 4 is 50.1 Å². The second-order valence-electron chi connectivity index (χ2n) is 7.53. The molecule has 1 amide bonds. The van der Waals surface area contributed by atoms with Crippen molar-refractivity contribution in [3.63, 3.8) is 0 Å². The molecule has 0 saturated carbocycles. The number of anilines is 1. The molecule has 4 aromatic carbocycles. The van der Waals surface area contributed by atoms with Gasteiger partial charge in [0.2, 0.25) is 0 Å². The monoisotopic (exact) mass is 481 g/mol. The van der Waals surface area contributed by atoms with Crippen molar-refractivity contribution in [2.45, 2.75) is 0 Å². The van der Waals surface area contributed by atoms with Gasteiger partial charge in [0.05, 0.1) is 23.0 Å². The number of hydrogen-bond acceptors (Lipinski definition) is 2. The molecule has 0 spiro atoms. The third-order valence-electron chi connectivity index (χ3n) is 5.56. The van der Waals surface area contributed by atoms with Gasteiger partial charge < -0.3 is 4.74 Å². The second-order valence-corrected chi connectivity index (χ2v) is 8.38. The Labute approximate surface area is 195 Å². The molecule has 0 N–H and O–H groups in total. The van der Waals surface area contributed by atoms with E-state index in [9.17, 15) is 4.79 Å². The van der Waals surface area contributed by atoms with Crippen LogP contribution in [0.15, 0.2) is 107 Å². The summed E-state index contributed by atoms with van der Waals surface area (Å²) in [6, 6.07) is 30.0. The highest BCUT2D eigenvalue weighted by Gasteiger charge is 2.31. The first-order valence-corrected chi connectivity index (χ1v) is 11.1. The zero-order chi connectivity index (χ0) is 22.1. The molecule has 0 aliphatic carbocycles. The summed E-state index contributed by atoms with van der Waals surface area (Å²) in [5.74, 6) is 0.704. The fourth-order valence-electron chi connectivity index (χ4n) is 4.03. The number of halogens is 1. The van der Waals surface area contributed by atoms with Gasteiger partial charge in [-0.1, -0.05) is 72.8 Å². The number of fused-ring (bicyclic) bond motifs is 1. The van der Waals surface area contributed by atoms with Crippen LogP contribution in [0, 0.1) is 0 Å². The van der Waals surface area contributed by atoms with Crippen LogP contribution < -0.4 is 9.64 Å². The van der Waals surface area contributed by atoms with E-state index in [4.69, 9.17) is 4.74 Å². The maximum atomic E-state index is 13.7. The van der Waals surface area contributed by atoms with Crippen LogP contribution in [0.25, 0.3) is 22.5 Å². The molecular formula is C28H20BrNO2. The van der Waals surface area contributed by atoms with Gasteiger partial charge in [-0.15, -0.1) is 0 Å². The van der Waals surface area contributed by atoms with Crippen LogP contribution >= 0.6 is 15.9 Å². The molecule has 0 saturated heterocycles. The van der Waals surface area contributed by atoms with Crippen molar-refractivity contribution in [3.8, 4) is 5.75 Å². The van der Waals surface area contributed by atoms with Crippen molar-refractivity contribution < 1.29 is 9.53 Å². The second kappa shape index (κ2) is 8.48. The van der Waals surface area contributed by atoms with Crippen LogP contribution in [0.4, 0.5) is 5.69 Å². The highest BCUT2D eigenvalue weighted by atomic mass is 79.9. The predicted octanol–water partition coefficient (Wildman–Crippen LogP) is 7.08. The third-order valence-corrected chi connectivity index (χ3v) is 6.18. The van der Waals surface area contributed by atoms with Crippen molar-refractivity contribution in [2.24, 2.45) is 0 Å². The SMILES string of the molecule is COc1ccc(C=C2C=C(c3ccccc3)N(c3cccc4ccccc34)C2=O)cc1Br. The van der Waals surface area contributed by atoms with E-state index in [1.807, 2.05) is 89.8 Å². The van der Waals surface area contributed by atoms with E-state index in [0.717, 1.165) is 43.5 Å². The molecule has 0 radical (unpaired) electrons. The molecule has 5 rings (SSSR count). The lowest BCUT2D eigenvalue weighted by molar-refractivity contribution is -0.113. The Morgan fingerprint density at radius 2 is 1.62 bits per heavy atom. The maximum absolute atomic E-state index is 13.7. The average molecular weight is 482 g/mol. The predicted molar refractivity (Wildman–Crippen MR) is 135 cm³/mol. The largest absolute Gasteiger partial charge is 0.496 e. The van der Waals surface area contributed by atoms with E-state index in [0.29, 0.717) is 5.57 Å². The van der Waals surface area contributed by atoms with Gasteiger partial charge in [0.15, 0.2) is 0 Å². The van der Waals surface area contributed by atoms with E-state index >= 15 is 0 Å². The zero-order valence-corrected chi connectivity index (χ0v) is 19.0. The Balaban J connectivity index is 1.66. The average Bonchev–Trinajstić information content (AvgIpc) is 3.15. The number of methoxy groups -OCH3 is 1. The number of carbonyl (C=O) groups is 1. The van der Waals surface area contributed by atoms with Crippen LogP contribution in [0.2, 0.25) is 0 Å². The lowest BCUT2D eigenvalue weighted by Crippen LogP contribution is -2.25. The van der Waals surface area contributed by atoms with E-state index in [-0.39, 0.29) is 5.91 Å². The number of benzene rings is 4. The summed E-state index contributed by atoms with van der Waals surface area (Å²) in [6.45, 7) is 0. The fraction of sp³-hybridized carbons (Fsp3) is 0.0357. The first-order chi connectivity index (χ1) is 15.7. The van der Waals surface area contributed by atoms with Crippen molar-refractivity contribution in [3.05, 3.63) is 118 Å². The van der Waals surface area contributed by atoms with E-state index < -0.39 is 0 Å². The summed E-state index contributed by atoms with van der Waals surface area (Å²) in [5, 5.41) is 2.14. The summed E-state index contributed by atoms with van der Waals surface area (Å²) in [7, 11) is 1.63. The fourth-order valence-corrected chi connectivity index (χ4v) is 4.59. The number of rotatable bonds is 4. The topological polar surface area (TPSA) is 29.5 Å². The molecule has 1 aliphatic rings. The minimum atomic E-state index is -0.0489. The third kappa shape index (κ3) is 3.63. The quantitative estimate of drug-likeness (QED) is 0.291. The van der Waals surface area contributed by atoms with Crippen LogP contribution in [-0.4, -0.2) is 13.0 Å². The number of hydrogen-bond donors (Lipinski definition) is 0. The zero-order valence-electron chi connectivity index (χ0n) is 17.5. The molecule has 4 aromatic rings. The normalized spacial score (nSPS) is 14.8. The molecule has 3 nitrogen and oxygen atoms in total. The lowest BCUT2D eigenvalue weighted by Gasteiger charge is -2.22. The molecule has 0 bridgehead atoms. The minimum absolute atomic E-state index is 0.0489. The first kappa shape index (κ1) is 20.3. The van der Waals surface area contributed by atoms with Crippen LogP contribution in [0.1, 0.15) is 11.1 Å². The molecule has 1 heterocycles. The Hall–Kier alpha value is -3.63. The smallest absolute Gasteiger partial charge is 0.262 e. The Bertz CT molecular complexity index is 1380. The van der Waals surface area contributed by atoms with Crippen molar-refractivity contribution in [1.82, 2.24) is 0 Å². The maximum Gasteiger partial charge on any atom is 0.262 e. The number of amides is 1. The Kier molecular flexibility index (Phi) is 5.38. The van der Waals surface area contributed by atoms with Crippen LogP contribution in [0.3, 0.4) is 0 Å². The Morgan fingerprint density at radius 1 is 0.875 bits per heavy atom. The summed E-state index contributed by atoms with van der Waals surface area (Å²) < 4.78 is 6.17. The highest BCUT2D eigenvalue weighted by Crippen LogP contribution is 2.39. The molecule has 0 unspecified atom stereocenters. The van der Waals surface area contributed by atoms with Gasteiger partial charge in [0.1, 0.15) is 5.75 Å². The van der Waals surface area contributed by atoms with Gasteiger partial charge >= 0.3 is 0 Å². The summed E-state index contributed by atoms with van der Waals surface area (Å²) >= 11 is 3.53. The lowest BCUT2D eigenvalue weighted by atomic mass is 10.1. The molecule has 0 fully saturated rings. The van der Waals surface area contributed by atoms with Gasteiger partial charge in [-0.2, -0.15) is 0 Å². The highest BCUT2D eigenvalue weighted by molar-refractivity contribution is 9.10. The van der Waals surface area contributed by atoms with Crippen molar-refractivity contribution in [1.29, 1.82) is 0 Å². The molecule has 0 atom stereocenters. The van der Waals surface area contributed by atoms with Crippen LogP contribution in [-0.2, 0) is 4.79 Å². The number of carbonyl (C=O) groups excluding carboxylic acids is 1. The first-order valence-electron chi connectivity index (χ1n) is 10.3. The molecular weight excluding hydrogens is 462 g/mol. The molecule has 0 aromatic heterocycles. The van der Waals surface area contributed by atoms with E-state index in [2.05, 4.69) is 34.1 Å². The van der Waals surface area contributed by atoms with Gasteiger partial charge in [-0.25, -0.2) is 0 Å². The summed E-state index contributed by atoms with van der Waals surface area (Å²) in [4.78, 5) is 15.5. The van der Waals surface area contributed by atoms with Gasteiger partial charge in [0.25, 0.3) is 5.91 Å². The van der Waals surface area contributed by atoms with Gasteiger partial charge in [-0.05, 0) is 62.8 Å². The number of nitrogens with zero attached hydrogens (tertiary/aromatic N) is 1. The van der Waals surface area contributed by atoms with Gasteiger partial charge in [0, 0.05) is 11.0 Å². The molecule has 1 aliphatic heterocycles. The minimum Gasteiger partial charge on any atom is -0.496 e. The summed E-state index contributed by atoms with van der Waals surface area (Å²) in [6.07, 6.45) is 3.89. The van der Waals surface area contributed by atoms with Crippen molar-refractivity contribution in [2.75, 3.05) is 12.0 Å². The van der Waals surface area contributed by atoms with Crippen LogP contribution in [0.5, 0.6) is 5.75 Å². The van der Waals surface area contributed by atoms with E-state index in [1.54, 1.807) is 7.11 Å². The Morgan fingerprint density at radius 3 is 2.41 bits per heavy atom. The standard InChI is InChI=1S/C28H20BrNO2/c1-32-27-15-14-19(17-24(27)29)16-22-18-26(21-9-3-2-4-10-21)30(28(22)31)25-13-7-11-20-8-5-6-12-23(20)25/h2-18H,1H3. The molecule has 156 valence electrons. The number of ether oxygens (including phenoxy) is 1. The van der Waals surface area contributed by atoms with Gasteiger partial charge in [-0.3, -0.25) is 9.69 Å².